The summed E-state index contributed by atoms with van der Waals surface area (Å²) in [7, 11) is 0. The molecule has 0 rings (SSSR count). The number of ketones is 1. The first-order chi connectivity index (χ1) is 5.63. The summed E-state index contributed by atoms with van der Waals surface area (Å²) in [5.74, 6) is -0.781. The fraction of sp³-hybridized carbons (Fsp3) is 0.778. The van der Waals surface area contributed by atoms with Gasteiger partial charge in [-0.15, -0.1) is 0 Å². The molecule has 0 amide bonds. The largest absolute Gasteiger partial charge is 1.00 e. The molecule has 0 aliphatic heterocycles. The van der Waals surface area contributed by atoms with Gasteiger partial charge in [0.25, 0.3) is 0 Å². The summed E-state index contributed by atoms with van der Waals surface area (Å²) < 4.78 is 0. The molecule has 0 aromatic heterocycles. The van der Waals surface area contributed by atoms with Gasteiger partial charge in [-0.2, -0.15) is 0 Å². The van der Waals surface area contributed by atoms with Crippen molar-refractivity contribution in [2.24, 2.45) is 0 Å². The topological polar surface area (TPSA) is 57.2 Å². The first-order valence-electron chi connectivity index (χ1n) is 4.32. The number of carbonyl (C=O) groups excluding carboxylic acids is 2. The molecule has 0 heterocycles. The molecule has 0 radical (unpaired) electrons. The van der Waals surface area contributed by atoms with E-state index in [4.69, 9.17) is 0 Å². The molecule has 0 aromatic rings. The molecule has 0 spiro atoms. The summed E-state index contributed by atoms with van der Waals surface area (Å²) in [6.45, 7) is 1.57. The van der Waals surface area contributed by atoms with Crippen molar-refractivity contribution in [2.75, 3.05) is 0 Å². The molecule has 0 fully saturated rings. The van der Waals surface area contributed by atoms with Gasteiger partial charge in [0.1, 0.15) is 5.78 Å². The van der Waals surface area contributed by atoms with E-state index in [1.165, 1.54) is 0 Å². The molecule has 13 heavy (non-hydrogen) atoms. The summed E-state index contributed by atoms with van der Waals surface area (Å²) in [5, 5.41) is 9.97. The number of carboxylic acid groups (broad SMARTS) is 1. The van der Waals surface area contributed by atoms with E-state index in [2.05, 4.69) is 0 Å². The summed E-state index contributed by atoms with van der Waals surface area (Å²) in [4.78, 5) is 20.5. The standard InChI is InChI=1S/C9H16O3.Na/c1-8(10)6-4-2-3-5-7-9(11)12;/h2-7H2,1H3,(H,11,12);/q;+1/p-1. The van der Waals surface area contributed by atoms with Crippen molar-refractivity contribution in [3.63, 3.8) is 0 Å². The third-order valence-electron chi connectivity index (χ3n) is 1.66. The molecule has 0 aromatic carbocycles. The maximum absolute atomic E-state index is 10.5. The molecule has 0 bridgehead atoms. The van der Waals surface area contributed by atoms with Crippen LogP contribution in [0.15, 0.2) is 0 Å². The van der Waals surface area contributed by atoms with E-state index >= 15 is 0 Å². The van der Waals surface area contributed by atoms with Gasteiger partial charge in [-0.3, -0.25) is 0 Å². The van der Waals surface area contributed by atoms with Gasteiger partial charge >= 0.3 is 29.6 Å². The third-order valence-corrected chi connectivity index (χ3v) is 1.66. The van der Waals surface area contributed by atoms with Crippen LogP contribution in [-0.2, 0) is 9.59 Å². The average molecular weight is 194 g/mol. The van der Waals surface area contributed by atoms with E-state index in [9.17, 15) is 14.7 Å². The second kappa shape index (κ2) is 10.2. The van der Waals surface area contributed by atoms with Crippen LogP contribution < -0.4 is 34.7 Å². The molecule has 3 nitrogen and oxygen atoms in total. The van der Waals surface area contributed by atoms with Crippen molar-refractivity contribution in [1.82, 2.24) is 0 Å². The summed E-state index contributed by atoms with van der Waals surface area (Å²) in [5.41, 5.74) is 0. The predicted octanol–water partition coefficient (Wildman–Crippen LogP) is -2.33. The quantitative estimate of drug-likeness (QED) is 0.337. The number of aliphatic carboxylic acids is 1. The summed E-state index contributed by atoms with van der Waals surface area (Å²) >= 11 is 0. The minimum atomic E-state index is -0.985. The normalized spacial score (nSPS) is 9.00. The molecule has 0 aliphatic carbocycles. The molecular formula is C9H15NaO3. The van der Waals surface area contributed by atoms with Gasteiger partial charge in [-0.1, -0.05) is 12.8 Å². The van der Waals surface area contributed by atoms with E-state index in [0.717, 1.165) is 19.3 Å². The van der Waals surface area contributed by atoms with E-state index < -0.39 is 5.97 Å². The first-order valence-corrected chi connectivity index (χ1v) is 4.32. The Hall–Kier alpha value is 0.140. The Balaban J connectivity index is 0. The van der Waals surface area contributed by atoms with Gasteiger partial charge < -0.3 is 14.7 Å². The Morgan fingerprint density at radius 2 is 1.46 bits per heavy atom. The van der Waals surface area contributed by atoms with E-state index in [-0.39, 0.29) is 41.8 Å². The van der Waals surface area contributed by atoms with Gasteiger partial charge in [0.15, 0.2) is 0 Å². The number of hydrogen-bond acceptors (Lipinski definition) is 3. The number of Topliss-reactive ketones (excluding diaryl/α,β-unsaturated/α-hetero) is 1. The Bertz CT molecular complexity index is 139. The van der Waals surface area contributed by atoms with E-state index in [0.29, 0.717) is 12.8 Å². The Morgan fingerprint density at radius 3 is 1.85 bits per heavy atom. The van der Waals surface area contributed by atoms with E-state index in [1.807, 2.05) is 0 Å². The van der Waals surface area contributed by atoms with Crippen LogP contribution >= 0.6 is 0 Å². The fourth-order valence-electron chi connectivity index (χ4n) is 0.997. The van der Waals surface area contributed by atoms with Crippen molar-refractivity contribution >= 4 is 11.8 Å². The number of rotatable bonds is 7. The van der Waals surface area contributed by atoms with Crippen LogP contribution in [-0.4, -0.2) is 11.8 Å². The molecule has 0 saturated carbocycles. The maximum atomic E-state index is 10.5. The molecule has 0 atom stereocenters. The van der Waals surface area contributed by atoms with Crippen LogP contribution in [0.3, 0.4) is 0 Å². The van der Waals surface area contributed by atoms with Crippen molar-refractivity contribution in [2.45, 2.75) is 45.4 Å². The van der Waals surface area contributed by atoms with Crippen LogP contribution in [0, 0.1) is 0 Å². The minimum Gasteiger partial charge on any atom is -0.550 e. The molecule has 0 unspecified atom stereocenters. The molecule has 0 saturated heterocycles. The Kier molecular flexibility index (Phi) is 12.3. The molecule has 70 valence electrons. The molecular weight excluding hydrogens is 179 g/mol. The second-order valence-electron chi connectivity index (χ2n) is 2.99. The van der Waals surface area contributed by atoms with Gasteiger partial charge in [0.05, 0.1) is 0 Å². The molecule has 0 aliphatic rings. The first kappa shape index (κ1) is 15.6. The van der Waals surface area contributed by atoms with Crippen LogP contribution in [0.5, 0.6) is 0 Å². The predicted molar refractivity (Wildman–Crippen MR) is 43.4 cm³/mol. The van der Waals surface area contributed by atoms with Crippen molar-refractivity contribution < 1.29 is 44.3 Å². The van der Waals surface area contributed by atoms with Gasteiger partial charge in [0, 0.05) is 12.4 Å². The number of carboxylic acids is 1. The van der Waals surface area contributed by atoms with Crippen LogP contribution in [0.4, 0.5) is 0 Å². The van der Waals surface area contributed by atoms with Crippen LogP contribution in [0.2, 0.25) is 0 Å². The van der Waals surface area contributed by atoms with Crippen LogP contribution in [0.1, 0.15) is 45.4 Å². The average Bonchev–Trinajstić information content (AvgIpc) is 1.95. The van der Waals surface area contributed by atoms with Crippen molar-refractivity contribution in [1.29, 1.82) is 0 Å². The van der Waals surface area contributed by atoms with E-state index in [1.54, 1.807) is 6.92 Å². The van der Waals surface area contributed by atoms with Gasteiger partial charge in [-0.05, 0) is 26.2 Å². The smallest absolute Gasteiger partial charge is 0.550 e. The summed E-state index contributed by atoms with van der Waals surface area (Å²) in [6.07, 6.45) is 4.11. The van der Waals surface area contributed by atoms with Gasteiger partial charge in [0.2, 0.25) is 0 Å². The van der Waals surface area contributed by atoms with Crippen molar-refractivity contribution in [3.05, 3.63) is 0 Å². The van der Waals surface area contributed by atoms with Crippen LogP contribution in [0.25, 0.3) is 0 Å². The molecule has 0 N–H and O–H groups in total. The number of carbonyl (C=O) groups is 2. The number of unbranched alkanes of at least 4 members (excludes halogenated alkanes) is 3. The zero-order valence-corrected chi connectivity index (χ0v) is 10.5. The zero-order valence-electron chi connectivity index (χ0n) is 8.47. The SMILES string of the molecule is CC(=O)CCCCCCC(=O)[O-].[Na+]. The monoisotopic (exact) mass is 194 g/mol. The summed E-state index contributed by atoms with van der Waals surface area (Å²) in [6, 6.07) is 0. The second-order valence-corrected chi connectivity index (χ2v) is 2.99. The minimum absolute atomic E-state index is 0. The Morgan fingerprint density at radius 1 is 1.00 bits per heavy atom. The molecule has 4 heteroatoms. The zero-order chi connectivity index (χ0) is 9.40. The maximum Gasteiger partial charge on any atom is 1.00 e. The van der Waals surface area contributed by atoms with Crippen molar-refractivity contribution in [3.8, 4) is 0 Å². The fourth-order valence-corrected chi connectivity index (χ4v) is 0.997. The Labute approximate surface area is 101 Å². The number of hydrogen-bond donors (Lipinski definition) is 0. The van der Waals surface area contributed by atoms with Gasteiger partial charge in [-0.25, -0.2) is 0 Å². The third kappa shape index (κ3) is 14.9.